The molecule has 0 N–H and O–H groups in total. The maximum absolute atomic E-state index is 4.30. The van der Waals surface area contributed by atoms with E-state index < -0.39 is 0 Å². The molecule has 0 aliphatic carbocycles. The fourth-order valence-electron chi connectivity index (χ4n) is 0.806. The summed E-state index contributed by atoms with van der Waals surface area (Å²) in [5, 5.41) is 0. The van der Waals surface area contributed by atoms with Gasteiger partial charge >= 0.3 is 0 Å². The van der Waals surface area contributed by atoms with Gasteiger partial charge in [0.15, 0.2) is 0 Å². The van der Waals surface area contributed by atoms with Gasteiger partial charge in [-0.1, -0.05) is 27.4 Å². The van der Waals surface area contributed by atoms with E-state index in [-0.39, 0.29) is 0 Å². The molecule has 1 rings (SSSR count). The van der Waals surface area contributed by atoms with Gasteiger partial charge in [0.2, 0.25) is 0 Å². The Morgan fingerprint density at radius 2 is 2.15 bits per heavy atom. The van der Waals surface area contributed by atoms with Crippen LogP contribution in [0.4, 0.5) is 0 Å². The molecule has 0 atom stereocenters. The van der Waals surface area contributed by atoms with Crippen LogP contribution in [0.15, 0.2) is 34.4 Å². The van der Waals surface area contributed by atoms with E-state index in [0.717, 1.165) is 24.4 Å². The van der Waals surface area contributed by atoms with Crippen molar-refractivity contribution in [3.05, 3.63) is 24.4 Å². The zero-order chi connectivity index (χ0) is 10.1. The normalized spacial score (nSPS) is 17.2. The van der Waals surface area contributed by atoms with Crippen LogP contribution in [-0.4, -0.2) is 18.5 Å². The Balaban J connectivity index is 0.000000671. The van der Waals surface area contributed by atoms with Crippen molar-refractivity contribution in [2.75, 3.05) is 6.54 Å². The fraction of sp³-hybridized carbons (Fsp3) is 0.455. The predicted molar refractivity (Wildman–Crippen MR) is 60.7 cm³/mol. The minimum Gasteiger partial charge on any atom is -0.283 e. The minimum atomic E-state index is 0.765. The van der Waals surface area contributed by atoms with E-state index in [1.807, 2.05) is 26.0 Å². The molecule has 1 aliphatic rings. The Morgan fingerprint density at radius 3 is 2.69 bits per heavy atom. The third-order valence-electron chi connectivity index (χ3n) is 1.37. The number of allylic oxidation sites excluding steroid dienone is 2. The van der Waals surface area contributed by atoms with Crippen LogP contribution in [-0.2, 0) is 0 Å². The van der Waals surface area contributed by atoms with Gasteiger partial charge in [-0.05, 0) is 18.6 Å². The van der Waals surface area contributed by atoms with E-state index in [9.17, 15) is 0 Å². The first-order chi connectivity index (χ1) is 6.34. The van der Waals surface area contributed by atoms with Crippen molar-refractivity contribution in [2.24, 2.45) is 9.98 Å². The van der Waals surface area contributed by atoms with Crippen LogP contribution in [0, 0.1) is 0 Å². The summed E-state index contributed by atoms with van der Waals surface area (Å²) in [6.07, 6.45) is 6.61. The highest BCUT2D eigenvalue weighted by Crippen LogP contribution is 2.03. The second-order valence-electron chi connectivity index (χ2n) is 2.35. The Bertz CT molecular complexity index is 234. The topological polar surface area (TPSA) is 24.7 Å². The Kier molecular flexibility index (Phi) is 6.79. The van der Waals surface area contributed by atoms with Crippen LogP contribution >= 0.6 is 0 Å². The SMILES string of the molecule is C=C1N=CC=CC1=NCCC.CC. The maximum Gasteiger partial charge on any atom is 0.0825 e. The molecule has 0 unspecified atom stereocenters. The molecule has 72 valence electrons. The maximum atomic E-state index is 4.30. The van der Waals surface area contributed by atoms with Crippen molar-refractivity contribution in [1.82, 2.24) is 0 Å². The molecule has 0 aromatic carbocycles. The number of hydrogen-bond donors (Lipinski definition) is 0. The minimum absolute atomic E-state index is 0.765. The number of hydrogen-bond acceptors (Lipinski definition) is 2. The standard InChI is InChI=1S/C9H12N2.C2H6/c1-3-6-11-9-5-4-7-10-8(9)2;1-2/h4-5,7H,2-3,6H2,1H3;1-2H3. The average Bonchev–Trinajstić information content (AvgIpc) is 2.20. The van der Waals surface area contributed by atoms with Crippen LogP contribution in [0.25, 0.3) is 0 Å². The molecule has 1 aliphatic heterocycles. The number of rotatable bonds is 2. The summed E-state index contributed by atoms with van der Waals surface area (Å²) >= 11 is 0. The Hall–Kier alpha value is -1.18. The highest BCUT2D eigenvalue weighted by Gasteiger charge is 1.99. The zero-order valence-corrected chi connectivity index (χ0v) is 8.75. The van der Waals surface area contributed by atoms with Gasteiger partial charge in [-0.25, -0.2) is 0 Å². The molecule has 0 radical (unpaired) electrons. The van der Waals surface area contributed by atoms with Gasteiger partial charge in [0.1, 0.15) is 0 Å². The quantitative estimate of drug-likeness (QED) is 0.621. The van der Waals surface area contributed by atoms with Crippen molar-refractivity contribution < 1.29 is 0 Å². The predicted octanol–water partition coefficient (Wildman–Crippen LogP) is 3.02. The van der Waals surface area contributed by atoms with Crippen LogP contribution < -0.4 is 0 Å². The molecule has 0 spiro atoms. The average molecular weight is 178 g/mol. The van der Waals surface area contributed by atoms with E-state index in [4.69, 9.17) is 0 Å². The Morgan fingerprint density at radius 1 is 1.46 bits per heavy atom. The van der Waals surface area contributed by atoms with Crippen LogP contribution in [0.3, 0.4) is 0 Å². The molecular formula is C11H18N2. The number of nitrogens with zero attached hydrogens (tertiary/aromatic N) is 2. The van der Waals surface area contributed by atoms with Gasteiger partial charge in [-0.2, -0.15) is 0 Å². The molecule has 2 heteroatoms. The molecule has 0 aromatic rings. The molecule has 0 saturated carbocycles. The summed E-state index contributed by atoms with van der Waals surface area (Å²) in [6, 6.07) is 0. The molecule has 0 saturated heterocycles. The van der Waals surface area contributed by atoms with Crippen molar-refractivity contribution in [3.8, 4) is 0 Å². The molecule has 0 aromatic heterocycles. The van der Waals surface area contributed by atoms with Gasteiger partial charge < -0.3 is 0 Å². The monoisotopic (exact) mass is 178 g/mol. The largest absolute Gasteiger partial charge is 0.283 e. The number of aliphatic imine (C=N–C) groups is 2. The lowest BCUT2D eigenvalue weighted by Crippen LogP contribution is -2.01. The van der Waals surface area contributed by atoms with Crippen LogP contribution in [0.5, 0.6) is 0 Å². The second-order valence-corrected chi connectivity index (χ2v) is 2.35. The third kappa shape index (κ3) is 4.41. The van der Waals surface area contributed by atoms with Gasteiger partial charge in [-0.15, -0.1) is 0 Å². The summed E-state index contributed by atoms with van der Waals surface area (Å²) in [7, 11) is 0. The van der Waals surface area contributed by atoms with Gasteiger partial charge in [0, 0.05) is 12.8 Å². The van der Waals surface area contributed by atoms with Crippen molar-refractivity contribution in [2.45, 2.75) is 27.2 Å². The summed E-state index contributed by atoms with van der Waals surface area (Å²) < 4.78 is 0. The van der Waals surface area contributed by atoms with Crippen LogP contribution in [0.1, 0.15) is 27.2 Å². The van der Waals surface area contributed by atoms with Crippen molar-refractivity contribution >= 4 is 11.9 Å². The van der Waals surface area contributed by atoms with E-state index >= 15 is 0 Å². The first-order valence-corrected chi connectivity index (χ1v) is 4.79. The fourth-order valence-corrected chi connectivity index (χ4v) is 0.806. The molecular weight excluding hydrogens is 160 g/mol. The lowest BCUT2D eigenvalue weighted by Gasteiger charge is -2.02. The summed E-state index contributed by atoms with van der Waals surface area (Å²) in [4.78, 5) is 8.33. The van der Waals surface area contributed by atoms with Gasteiger partial charge in [0.05, 0.1) is 11.4 Å². The zero-order valence-electron chi connectivity index (χ0n) is 8.75. The van der Waals surface area contributed by atoms with E-state index in [1.54, 1.807) is 6.21 Å². The smallest absolute Gasteiger partial charge is 0.0825 e. The lowest BCUT2D eigenvalue weighted by atomic mass is 10.2. The lowest BCUT2D eigenvalue weighted by molar-refractivity contribution is 0.933. The number of dihydropyridines is 1. The first-order valence-electron chi connectivity index (χ1n) is 4.79. The van der Waals surface area contributed by atoms with E-state index in [0.29, 0.717) is 0 Å². The van der Waals surface area contributed by atoms with Crippen LogP contribution in [0.2, 0.25) is 0 Å². The van der Waals surface area contributed by atoms with E-state index in [1.165, 1.54) is 0 Å². The first kappa shape index (κ1) is 11.8. The third-order valence-corrected chi connectivity index (χ3v) is 1.37. The molecule has 0 amide bonds. The summed E-state index contributed by atoms with van der Waals surface area (Å²) in [5.41, 5.74) is 1.68. The van der Waals surface area contributed by atoms with Gasteiger partial charge in [-0.3, -0.25) is 9.98 Å². The molecule has 0 bridgehead atoms. The highest BCUT2D eigenvalue weighted by molar-refractivity contribution is 6.12. The van der Waals surface area contributed by atoms with E-state index in [2.05, 4.69) is 23.5 Å². The molecule has 1 heterocycles. The van der Waals surface area contributed by atoms with Crippen molar-refractivity contribution in [1.29, 1.82) is 0 Å². The molecule has 13 heavy (non-hydrogen) atoms. The molecule has 0 fully saturated rings. The second kappa shape index (κ2) is 7.47. The molecule has 2 nitrogen and oxygen atoms in total. The summed E-state index contributed by atoms with van der Waals surface area (Å²) in [5.74, 6) is 0. The Labute approximate surface area is 80.8 Å². The highest BCUT2D eigenvalue weighted by atomic mass is 14.8. The van der Waals surface area contributed by atoms with Crippen molar-refractivity contribution in [3.63, 3.8) is 0 Å². The summed E-state index contributed by atoms with van der Waals surface area (Å²) in [6.45, 7) is 10.7. The van der Waals surface area contributed by atoms with Gasteiger partial charge in [0.25, 0.3) is 0 Å².